The molecule has 6 nitrogen and oxygen atoms in total. The Morgan fingerprint density at radius 3 is 2.68 bits per heavy atom. The van der Waals surface area contributed by atoms with Gasteiger partial charge in [-0.1, -0.05) is 42.5 Å². The predicted molar refractivity (Wildman–Crippen MR) is 112 cm³/mol. The Morgan fingerprint density at radius 2 is 1.86 bits per heavy atom. The molecule has 3 N–H and O–H groups in total. The lowest BCUT2D eigenvalue weighted by Gasteiger charge is -2.12. The normalized spacial score (nSPS) is 12.8. The first kappa shape index (κ1) is 19.7. The molecular formula is C22H28N4O2. The summed E-state index contributed by atoms with van der Waals surface area (Å²) < 4.78 is 5.54. The van der Waals surface area contributed by atoms with Crippen LogP contribution < -0.4 is 20.7 Å². The Kier molecular flexibility index (Phi) is 7.29. The minimum absolute atomic E-state index is 0.0205. The Labute approximate surface area is 166 Å². The summed E-state index contributed by atoms with van der Waals surface area (Å²) in [6.07, 6.45) is 2.30. The number of amides is 1. The Hall–Kier alpha value is -3.02. The van der Waals surface area contributed by atoms with Crippen molar-refractivity contribution in [3.8, 4) is 5.75 Å². The summed E-state index contributed by atoms with van der Waals surface area (Å²) in [6, 6.07) is 16.3. The number of carbonyl (C=O) groups excluding carboxylic acids is 1. The van der Waals surface area contributed by atoms with Gasteiger partial charge in [0.05, 0.1) is 6.61 Å². The van der Waals surface area contributed by atoms with Gasteiger partial charge >= 0.3 is 0 Å². The van der Waals surface area contributed by atoms with Crippen molar-refractivity contribution < 1.29 is 9.53 Å². The van der Waals surface area contributed by atoms with Gasteiger partial charge in [-0.3, -0.25) is 9.79 Å². The molecule has 1 aliphatic rings. The SMILES string of the molecule is CN=C(NCCC(=O)NCc1ccccc1)NCCc1ccc2c(c1)CCO2. The minimum Gasteiger partial charge on any atom is -0.493 e. The number of carbonyl (C=O) groups is 1. The lowest BCUT2D eigenvalue weighted by molar-refractivity contribution is -0.121. The zero-order valence-electron chi connectivity index (χ0n) is 16.3. The average Bonchev–Trinajstić information content (AvgIpc) is 3.20. The highest BCUT2D eigenvalue weighted by Crippen LogP contribution is 2.25. The van der Waals surface area contributed by atoms with E-state index in [1.165, 1.54) is 11.1 Å². The maximum Gasteiger partial charge on any atom is 0.222 e. The Morgan fingerprint density at radius 1 is 1.04 bits per heavy atom. The molecule has 3 rings (SSSR count). The molecule has 148 valence electrons. The van der Waals surface area contributed by atoms with Crippen LogP contribution in [0, 0.1) is 0 Å². The zero-order valence-corrected chi connectivity index (χ0v) is 16.3. The van der Waals surface area contributed by atoms with Crippen molar-refractivity contribution in [1.29, 1.82) is 0 Å². The second-order valence-corrected chi connectivity index (χ2v) is 6.73. The van der Waals surface area contributed by atoms with Crippen LogP contribution in [0.15, 0.2) is 53.5 Å². The van der Waals surface area contributed by atoms with E-state index in [-0.39, 0.29) is 5.91 Å². The quantitative estimate of drug-likeness (QED) is 0.484. The highest BCUT2D eigenvalue weighted by molar-refractivity contribution is 5.81. The molecule has 0 fully saturated rings. The maximum absolute atomic E-state index is 12.0. The van der Waals surface area contributed by atoms with Crippen LogP contribution in [0.25, 0.3) is 0 Å². The van der Waals surface area contributed by atoms with Crippen molar-refractivity contribution >= 4 is 11.9 Å². The number of nitrogens with one attached hydrogen (secondary N) is 3. The molecule has 0 saturated heterocycles. The largest absolute Gasteiger partial charge is 0.493 e. The van der Waals surface area contributed by atoms with Crippen molar-refractivity contribution in [3.63, 3.8) is 0 Å². The van der Waals surface area contributed by atoms with E-state index < -0.39 is 0 Å². The Balaban J connectivity index is 1.31. The van der Waals surface area contributed by atoms with Crippen LogP contribution in [0.3, 0.4) is 0 Å². The van der Waals surface area contributed by atoms with Crippen molar-refractivity contribution in [2.75, 3.05) is 26.7 Å². The van der Waals surface area contributed by atoms with E-state index in [1.54, 1.807) is 7.05 Å². The van der Waals surface area contributed by atoms with Gasteiger partial charge in [0.1, 0.15) is 5.75 Å². The van der Waals surface area contributed by atoms with Crippen molar-refractivity contribution in [2.45, 2.75) is 25.8 Å². The molecule has 2 aromatic carbocycles. The number of hydrogen-bond donors (Lipinski definition) is 3. The second-order valence-electron chi connectivity index (χ2n) is 6.73. The molecule has 28 heavy (non-hydrogen) atoms. The second kappa shape index (κ2) is 10.3. The molecule has 6 heteroatoms. The van der Waals surface area contributed by atoms with Gasteiger partial charge in [-0.2, -0.15) is 0 Å². The molecule has 0 spiro atoms. The van der Waals surface area contributed by atoms with Crippen LogP contribution in [-0.2, 0) is 24.2 Å². The van der Waals surface area contributed by atoms with Crippen molar-refractivity contribution in [2.24, 2.45) is 4.99 Å². The van der Waals surface area contributed by atoms with E-state index >= 15 is 0 Å². The molecule has 0 atom stereocenters. The number of hydrogen-bond acceptors (Lipinski definition) is 3. The molecular weight excluding hydrogens is 352 g/mol. The fourth-order valence-electron chi connectivity index (χ4n) is 3.12. The van der Waals surface area contributed by atoms with Crippen LogP contribution in [0.2, 0.25) is 0 Å². The van der Waals surface area contributed by atoms with Crippen LogP contribution >= 0.6 is 0 Å². The molecule has 0 aromatic heterocycles. The first-order chi connectivity index (χ1) is 13.7. The number of nitrogens with zero attached hydrogens (tertiary/aromatic N) is 1. The third-order valence-electron chi connectivity index (χ3n) is 4.66. The number of aliphatic imine (C=N–C) groups is 1. The van der Waals surface area contributed by atoms with E-state index in [0.717, 1.165) is 37.3 Å². The highest BCUT2D eigenvalue weighted by Gasteiger charge is 2.11. The standard InChI is InChI=1S/C22H28N4O2/c1-23-22(24-12-9-17-7-8-20-19(15-17)11-14-28-20)25-13-10-21(27)26-16-18-5-3-2-4-6-18/h2-8,15H,9-14,16H2,1H3,(H,26,27)(H2,23,24,25). The average molecular weight is 380 g/mol. The van der Waals surface area contributed by atoms with Gasteiger partial charge in [-0.25, -0.2) is 0 Å². The molecule has 2 aromatic rings. The van der Waals surface area contributed by atoms with Gasteiger partial charge in [0.15, 0.2) is 5.96 Å². The van der Waals surface area contributed by atoms with E-state index in [4.69, 9.17) is 4.74 Å². The van der Waals surface area contributed by atoms with Gasteiger partial charge in [0.25, 0.3) is 0 Å². The summed E-state index contributed by atoms with van der Waals surface area (Å²) in [4.78, 5) is 16.2. The maximum atomic E-state index is 12.0. The summed E-state index contributed by atoms with van der Waals surface area (Å²) in [5, 5.41) is 9.40. The third-order valence-corrected chi connectivity index (χ3v) is 4.66. The molecule has 1 aliphatic heterocycles. The summed E-state index contributed by atoms with van der Waals surface area (Å²) in [7, 11) is 1.73. The van der Waals surface area contributed by atoms with Gasteiger partial charge in [0, 0.05) is 39.5 Å². The summed E-state index contributed by atoms with van der Waals surface area (Å²) in [5.41, 5.74) is 3.67. The van der Waals surface area contributed by atoms with Crippen molar-refractivity contribution in [3.05, 3.63) is 65.2 Å². The number of fused-ring (bicyclic) bond motifs is 1. The smallest absolute Gasteiger partial charge is 0.222 e. The Bertz CT molecular complexity index is 805. The fourth-order valence-corrected chi connectivity index (χ4v) is 3.12. The topological polar surface area (TPSA) is 74.8 Å². The molecule has 1 heterocycles. The van der Waals surface area contributed by atoms with E-state index in [0.29, 0.717) is 25.5 Å². The van der Waals surface area contributed by atoms with Gasteiger partial charge in [-0.15, -0.1) is 0 Å². The third kappa shape index (κ3) is 6.01. The van der Waals surface area contributed by atoms with Gasteiger partial charge < -0.3 is 20.7 Å². The molecule has 0 saturated carbocycles. The first-order valence-electron chi connectivity index (χ1n) is 9.74. The van der Waals surface area contributed by atoms with Gasteiger partial charge in [0.2, 0.25) is 5.91 Å². The first-order valence-corrected chi connectivity index (χ1v) is 9.74. The minimum atomic E-state index is 0.0205. The number of benzene rings is 2. The van der Waals surface area contributed by atoms with E-state index in [1.807, 2.05) is 30.3 Å². The zero-order chi connectivity index (χ0) is 19.6. The molecule has 1 amide bonds. The van der Waals surface area contributed by atoms with E-state index in [2.05, 4.69) is 39.1 Å². The summed E-state index contributed by atoms with van der Waals surface area (Å²) in [6.45, 7) is 2.65. The molecule has 0 unspecified atom stereocenters. The molecule has 0 aliphatic carbocycles. The number of rotatable bonds is 8. The predicted octanol–water partition coefficient (Wildman–Crippen LogP) is 2.04. The van der Waals surface area contributed by atoms with Crippen LogP contribution in [0.4, 0.5) is 0 Å². The monoisotopic (exact) mass is 380 g/mol. The van der Waals surface area contributed by atoms with Crippen molar-refractivity contribution in [1.82, 2.24) is 16.0 Å². The van der Waals surface area contributed by atoms with Crippen LogP contribution in [0.1, 0.15) is 23.1 Å². The fraction of sp³-hybridized carbons (Fsp3) is 0.364. The number of ether oxygens (including phenoxy) is 1. The van der Waals surface area contributed by atoms with Gasteiger partial charge in [-0.05, 0) is 29.2 Å². The van der Waals surface area contributed by atoms with Crippen LogP contribution in [0.5, 0.6) is 5.75 Å². The van der Waals surface area contributed by atoms with Crippen LogP contribution in [-0.4, -0.2) is 38.6 Å². The lowest BCUT2D eigenvalue weighted by Crippen LogP contribution is -2.40. The highest BCUT2D eigenvalue weighted by atomic mass is 16.5. The lowest BCUT2D eigenvalue weighted by atomic mass is 10.1. The molecule has 0 radical (unpaired) electrons. The number of guanidine groups is 1. The van der Waals surface area contributed by atoms with E-state index in [9.17, 15) is 4.79 Å². The molecule has 0 bridgehead atoms. The summed E-state index contributed by atoms with van der Waals surface area (Å²) in [5.74, 6) is 1.74. The summed E-state index contributed by atoms with van der Waals surface area (Å²) >= 11 is 0.